The number of hydrogen-bond acceptors (Lipinski definition) is 3. The van der Waals surface area contributed by atoms with Crippen LogP contribution in [0, 0.1) is 0 Å². The van der Waals surface area contributed by atoms with Crippen LogP contribution in [0.2, 0.25) is 0 Å². The van der Waals surface area contributed by atoms with Gasteiger partial charge in [-0.05, 0) is 34.1 Å². The number of carbonyl (C=O) groups is 2. The van der Waals surface area contributed by atoms with Crippen LogP contribution in [-0.4, -0.2) is 23.9 Å². The SMILES string of the molecule is CC(C)=O.CCCCOC(C)(C)CC(N)=O. The minimum atomic E-state index is -0.402. The van der Waals surface area contributed by atoms with Crippen LogP contribution in [0.15, 0.2) is 0 Å². The second kappa shape index (κ2) is 9.33. The van der Waals surface area contributed by atoms with Gasteiger partial charge in [0.05, 0.1) is 12.0 Å². The van der Waals surface area contributed by atoms with E-state index in [1.807, 2.05) is 13.8 Å². The Kier molecular flexibility index (Phi) is 10.2. The Morgan fingerprint density at radius 1 is 1.25 bits per heavy atom. The maximum Gasteiger partial charge on any atom is 0.220 e. The molecule has 0 atom stereocenters. The number of ketones is 1. The lowest BCUT2D eigenvalue weighted by Gasteiger charge is -2.23. The molecule has 0 radical (unpaired) electrons. The van der Waals surface area contributed by atoms with Gasteiger partial charge in [-0.3, -0.25) is 4.79 Å². The molecule has 4 nitrogen and oxygen atoms in total. The van der Waals surface area contributed by atoms with Gasteiger partial charge in [0.1, 0.15) is 5.78 Å². The highest BCUT2D eigenvalue weighted by Gasteiger charge is 2.20. The zero-order valence-electron chi connectivity index (χ0n) is 11.1. The van der Waals surface area contributed by atoms with Crippen molar-refractivity contribution in [1.82, 2.24) is 0 Å². The maximum atomic E-state index is 10.6. The zero-order valence-corrected chi connectivity index (χ0v) is 11.1. The van der Waals surface area contributed by atoms with Gasteiger partial charge < -0.3 is 15.3 Å². The molecule has 0 aliphatic rings. The molecule has 2 N–H and O–H groups in total. The summed E-state index contributed by atoms with van der Waals surface area (Å²) in [6, 6.07) is 0. The quantitative estimate of drug-likeness (QED) is 0.711. The van der Waals surface area contributed by atoms with E-state index in [-0.39, 0.29) is 18.1 Å². The van der Waals surface area contributed by atoms with Crippen molar-refractivity contribution >= 4 is 11.7 Å². The summed E-state index contributed by atoms with van der Waals surface area (Å²) in [5.41, 5.74) is 4.66. The average molecular weight is 231 g/mol. The van der Waals surface area contributed by atoms with E-state index < -0.39 is 5.60 Å². The molecule has 96 valence electrons. The molecule has 1 amide bonds. The van der Waals surface area contributed by atoms with Crippen molar-refractivity contribution in [2.45, 2.75) is 59.5 Å². The monoisotopic (exact) mass is 231 g/mol. The molecule has 0 bridgehead atoms. The number of amides is 1. The summed E-state index contributed by atoms with van der Waals surface area (Å²) in [5, 5.41) is 0. The lowest BCUT2D eigenvalue weighted by molar-refractivity contribution is -0.124. The topological polar surface area (TPSA) is 69.4 Å². The van der Waals surface area contributed by atoms with Crippen LogP contribution in [0.1, 0.15) is 53.9 Å². The molecule has 0 aliphatic heterocycles. The van der Waals surface area contributed by atoms with Gasteiger partial charge in [-0.15, -0.1) is 0 Å². The first-order valence-electron chi connectivity index (χ1n) is 5.60. The molecule has 0 fully saturated rings. The Hall–Kier alpha value is -0.900. The Morgan fingerprint density at radius 3 is 2.00 bits per heavy atom. The fourth-order valence-electron chi connectivity index (χ4n) is 0.963. The minimum Gasteiger partial charge on any atom is -0.375 e. The van der Waals surface area contributed by atoms with Crippen LogP contribution >= 0.6 is 0 Å². The Bertz CT molecular complexity index is 208. The predicted octanol–water partition coefficient (Wildman–Crippen LogP) is 2.05. The van der Waals surface area contributed by atoms with Gasteiger partial charge in [0.2, 0.25) is 5.91 Å². The normalized spacial score (nSPS) is 10.3. The summed E-state index contributed by atoms with van der Waals surface area (Å²) >= 11 is 0. The van der Waals surface area contributed by atoms with Crippen LogP contribution < -0.4 is 5.73 Å². The molecule has 0 saturated carbocycles. The lowest BCUT2D eigenvalue weighted by Crippen LogP contribution is -2.31. The van der Waals surface area contributed by atoms with E-state index >= 15 is 0 Å². The van der Waals surface area contributed by atoms with Crippen molar-refractivity contribution < 1.29 is 14.3 Å². The molecule has 16 heavy (non-hydrogen) atoms. The van der Waals surface area contributed by atoms with E-state index in [9.17, 15) is 9.59 Å². The van der Waals surface area contributed by atoms with Crippen LogP contribution in [0.3, 0.4) is 0 Å². The first-order valence-corrected chi connectivity index (χ1v) is 5.60. The standard InChI is InChI=1S/C9H19NO2.C3H6O/c1-4-5-6-12-9(2,3)7-8(10)11;1-3(2)4/h4-7H2,1-3H3,(H2,10,11);1-2H3. The van der Waals surface area contributed by atoms with Crippen LogP contribution in [0.5, 0.6) is 0 Å². The third-order valence-corrected chi connectivity index (χ3v) is 1.59. The van der Waals surface area contributed by atoms with Gasteiger partial charge in [-0.2, -0.15) is 0 Å². The van der Waals surface area contributed by atoms with E-state index in [2.05, 4.69) is 6.92 Å². The first kappa shape index (κ1) is 17.5. The first-order chi connectivity index (χ1) is 7.21. The van der Waals surface area contributed by atoms with Crippen molar-refractivity contribution in [3.8, 4) is 0 Å². The van der Waals surface area contributed by atoms with Crippen LogP contribution in [-0.2, 0) is 14.3 Å². The Balaban J connectivity index is 0. The highest BCUT2D eigenvalue weighted by molar-refractivity contribution is 5.74. The zero-order chi connectivity index (χ0) is 13.2. The third-order valence-electron chi connectivity index (χ3n) is 1.59. The number of Topliss-reactive ketones (excluding diaryl/α,β-unsaturated/α-hetero) is 1. The maximum absolute atomic E-state index is 10.6. The molecule has 0 aromatic carbocycles. The molecule has 0 aromatic heterocycles. The van der Waals surface area contributed by atoms with Gasteiger partial charge in [0.25, 0.3) is 0 Å². The number of rotatable bonds is 6. The van der Waals surface area contributed by atoms with Gasteiger partial charge in [0.15, 0.2) is 0 Å². The van der Waals surface area contributed by atoms with Crippen molar-refractivity contribution in [2.75, 3.05) is 6.61 Å². The molecule has 0 saturated heterocycles. The summed E-state index contributed by atoms with van der Waals surface area (Å²) in [6.45, 7) is 9.63. The number of hydrogen-bond donors (Lipinski definition) is 1. The van der Waals surface area contributed by atoms with E-state index in [1.54, 1.807) is 0 Å². The van der Waals surface area contributed by atoms with E-state index in [1.165, 1.54) is 13.8 Å². The number of primary amides is 1. The lowest BCUT2D eigenvalue weighted by atomic mass is 10.1. The van der Waals surface area contributed by atoms with Gasteiger partial charge >= 0.3 is 0 Å². The molecular formula is C12H25NO3. The minimum absolute atomic E-state index is 0.167. The summed E-state index contributed by atoms with van der Waals surface area (Å²) in [5.74, 6) is -0.142. The van der Waals surface area contributed by atoms with E-state index in [0.717, 1.165) is 12.8 Å². The molecule has 0 heterocycles. The molecular weight excluding hydrogens is 206 g/mol. The van der Waals surface area contributed by atoms with Crippen LogP contribution in [0.4, 0.5) is 0 Å². The van der Waals surface area contributed by atoms with Crippen LogP contribution in [0.25, 0.3) is 0 Å². The number of unbranched alkanes of at least 4 members (excludes halogenated alkanes) is 1. The molecule has 0 rings (SSSR count). The number of carbonyl (C=O) groups excluding carboxylic acids is 2. The second-order valence-corrected chi connectivity index (χ2v) is 4.51. The summed E-state index contributed by atoms with van der Waals surface area (Å²) in [6.07, 6.45) is 2.42. The highest BCUT2D eigenvalue weighted by atomic mass is 16.5. The van der Waals surface area contributed by atoms with Crippen molar-refractivity contribution in [1.29, 1.82) is 0 Å². The van der Waals surface area contributed by atoms with E-state index in [4.69, 9.17) is 10.5 Å². The van der Waals surface area contributed by atoms with Crippen molar-refractivity contribution in [3.63, 3.8) is 0 Å². The molecule has 0 aromatic rings. The van der Waals surface area contributed by atoms with Gasteiger partial charge in [-0.1, -0.05) is 13.3 Å². The summed E-state index contributed by atoms with van der Waals surface area (Å²) < 4.78 is 5.48. The fraction of sp³-hybridized carbons (Fsp3) is 0.833. The smallest absolute Gasteiger partial charge is 0.220 e. The molecule has 0 unspecified atom stereocenters. The van der Waals surface area contributed by atoms with Gasteiger partial charge in [0, 0.05) is 6.61 Å². The molecule has 0 spiro atoms. The number of nitrogens with two attached hydrogens (primary N) is 1. The van der Waals surface area contributed by atoms with Crippen molar-refractivity contribution in [3.05, 3.63) is 0 Å². The highest BCUT2D eigenvalue weighted by Crippen LogP contribution is 2.14. The second-order valence-electron chi connectivity index (χ2n) is 4.51. The third kappa shape index (κ3) is 18.8. The fourth-order valence-corrected chi connectivity index (χ4v) is 0.963. The molecule has 4 heteroatoms. The summed E-state index contributed by atoms with van der Waals surface area (Å²) in [7, 11) is 0. The largest absolute Gasteiger partial charge is 0.375 e. The average Bonchev–Trinajstić information content (AvgIpc) is 2.00. The Labute approximate surface area is 98.5 Å². The summed E-state index contributed by atoms with van der Waals surface area (Å²) in [4.78, 5) is 20.0. The van der Waals surface area contributed by atoms with Gasteiger partial charge in [-0.25, -0.2) is 0 Å². The Morgan fingerprint density at radius 2 is 1.69 bits per heavy atom. The molecule has 0 aliphatic carbocycles. The number of ether oxygens (including phenoxy) is 1. The predicted molar refractivity (Wildman–Crippen MR) is 65.1 cm³/mol. The van der Waals surface area contributed by atoms with Crippen molar-refractivity contribution in [2.24, 2.45) is 5.73 Å². The van der Waals surface area contributed by atoms with E-state index in [0.29, 0.717) is 6.61 Å².